The fourth-order valence-electron chi connectivity index (χ4n) is 3.28. The van der Waals surface area contributed by atoms with Gasteiger partial charge in [0.1, 0.15) is 16.6 Å². The first-order valence-corrected chi connectivity index (χ1v) is 10.7. The largest absolute Gasteiger partial charge is 0.455 e. The number of rotatable bonds is 5. The van der Waals surface area contributed by atoms with Crippen LogP contribution in [0.4, 0.5) is 5.00 Å². The summed E-state index contributed by atoms with van der Waals surface area (Å²) in [5.41, 5.74) is 3.17. The van der Waals surface area contributed by atoms with Gasteiger partial charge >= 0.3 is 5.97 Å². The Labute approximate surface area is 170 Å². The molecule has 3 heterocycles. The van der Waals surface area contributed by atoms with Gasteiger partial charge in [-0.05, 0) is 31.2 Å². The van der Waals surface area contributed by atoms with E-state index < -0.39 is 5.97 Å². The molecule has 7 nitrogen and oxygen atoms in total. The summed E-state index contributed by atoms with van der Waals surface area (Å²) in [6, 6.07) is 0. The van der Waals surface area contributed by atoms with Gasteiger partial charge in [-0.2, -0.15) is 5.10 Å². The highest BCUT2D eigenvalue weighted by Gasteiger charge is 2.27. The lowest BCUT2D eigenvalue weighted by Crippen LogP contribution is -2.13. The molecule has 0 spiro atoms. The van der Waals surface area contributed by atoms with Crippen LogP contribution in [0.1, 0.15) is 46.3 Å². The van der Waals surface area contributed by atoms with Gasteiger partial charge in [-0.15, -0.1) is 22.7 Å². The van der Waals surface area contributed by atoms with Crippen molar-refractivity contribution in [1.29, 1.82) is 0 Å². The lowest BCUT2D eigenvalue weighted by molar-refractivity contribution is -0.114. The van der Waals surface area contributed by atoms with E-state index in [0.717, 1.165) is 41.8 Å². The van der Waals surface area contributed by atoms with Gasteiger partial charge in [0.05, 0.1) is 17.5 Å². The van der Waals surface area contributed by atoms with Crippen molar-refractivity contribution in [3.63, 3.8) is 0 Å². The monoisotopic (exact) mass is 416 g/mol. The zero-order chi connectivity index (χ0) is 19.7. The Morgan fingerprint density at radius 3 is 2.89 bits per heavy atom. The number of thiazole rings is 1. The minimum Gasteiger partial charge on any atom is -0.455 e. The maximum atomic E-state index is 12.8. The summed E-state index contributed by atoms with van der Waals surface area (Å²) >= 11 is 2.98. The van der Waals surface area contributed by atoms with E-state index >= 15 is 0 Å². The molecule has 1 aliphatic rings. The van der Waals surface area contributed by atoms with Gasteiger partial charge in [-0.25, -0.2) is 9.78 Å². The molecule has 146 valence electrons. The Morgan fingerprint density at radius 1 is 1.32 bits per heavy atom. The molecular weight excluding hydrogens is 396 g/mol. The predicted molar refractivity (Wildman–Crippen MR) is 109 cm³/mol. The first-order chi connectivity index (χ1) is 13.5. The van der Waals surface area contributed by atoms with Crippen molar-refractivity contribution in [2.75, 3.05) is 5.32 Å². The number of nitrogens with zero attached hydrogens (tertiary/aromatic N) is 3. The summed E-state index contributed by atoms with van der Waals surface area (Å²) in [6.45, 7) is 1.54. The van der Waals surface area contributed by atoms with Crippen LogP contribution in [0, 0.1) is 0 Å². The average Bonchev–Trinajstić information content (AvgIpc) is 3.36. The number of aryl methyl sites for hydroxylation is 2. The summed E-state index contributed by atoms with van der Waals surface area (Å²) in [4.78, 5) is 30.1. The zero-order valence-corrected chi connectivity index (χ0v) is 17.3. The van der Waals surface area contributed by atoms with Crippen LogP contribution in [-0.2, 0) is 36.0 Å². The first kappa shape index (κ1) is 18.8. The van der Waals surface area contributed by atoms with E-state index in [4.69, 9.17) is 4.74 Å². The summed E-state index contributed by atoms with van der Waals surface area (Å²) in [6.07, 6.45) is 7.59. The molecule has 0 atom stereocenters. The molecule has 1 aliphatic carbocycles. The smallest absolute Gasteiger partial charge is 0.341 e. The molecule has 0 saturated carbocycles. The fourth-order valence-corrected chi connectivity index (χ4v) is 5.38. The Bertz CT molecular complexity index is 1030. The number of nitrogens with one attached hydrogen (secondary N) is 1. The third-order valence-corrected chi connectivity index (χ3v) is 6.67. The van der Waals surface area contributed by atoms with E-state index in [1.54, 1.807) is 10.9 Å². The first-order valence-electron chi connectivity index (χ1n) is 9.04. The second kappa shape index (κ2) is 7.84. The summed E-state index contributed by atoms with van der Waals surface area (Å²) in [7, 11) is 1.86. The Kier molecular flexibility index (Phi) is 5.27. The summed E-state index contributed by atoms with van der Waals surface area (Å²) in [5, 5.41) is 10.3. The van der Waals surface area contributed by atoms with Crippen molar-refractivity contribution in [2.24, 2.45) is 7.05 Å². The Morgan fingerprint density at radius 2 is 2.14 bits per heavy atom. The number of hydrogen-bond acceptors (Lipinski definition) is 7. The van der Waals surface area contributed by atoms with Crippen molar-refractivity contribution in [1.82, 2.24) is 14.8 Å². The number of hydrogen-bond donors (Lipinski definition) is 1. The molecule has 0 bridgehead atoms. The van der Waals surface area contributed by atoms with Gasteiger partial charge in [0.15, 0.2) is 0 Å². The van der Waals surface area contributed by atoms with E-state index in [9.17, 15) is 9.59 Å². The highest BCUT2D eigenvalue weighted by molar-refractivity contribution is 7.17. The molecule has 1 N–H and O–H groups in total. The number of carbonyl (C=O) groups excluding carboxylic acids is 2. The molecule has 3 aromatic rings. The van der Waals surface area contributed by atoms with Gasteiger partial charge in [-0.1, -0.05) is 0 Å². The van der Waals surface area contributed by atoms with Crippen molar-refractivity contribution >= 4 is 39.6 Å². The van der Waals surface area contributed by atoms with Crippen LogP contribution in [0.15, 0.2) is 17.8 Å². The third-order valence-electron chi connectivity index (χ3n) is 4.52. The highest BCUT2D eigenvalue weighted by atomic mass is 32.1. The molecule has 0 aliphatic heterocycles. The predicted octanol–water partition coefficient (Wildman–Crippen LogP) is 3.80. The molecule has 4 rings (SSSR count). The number of thiophene rings is 1. The topological polar surface area (TPSA) is 86.1 Å². The number of ether oxygens (including phenoxy) is 1. The normalized spacial score (nSPS) is 13.2. The molecule has 3 aromatic heterocycles. The highest BCUT2D eigenvalue weighted by Crippen LogP contribution is 2.38. The molecule has 0 saturated heterocycles. The number of aromatic nitrogens is 3. The maximum Gasteiger partial charge on any atom is 0.341 e. The number of esters is 1. The summed E-state index contributed by atoms with van der Waals surface area (Å²) < 4.78 is 7.28. The molecule has 0 fully saturated rings. The van der Waals surface area contributed by atoms with Crippen molar-refractivity contribution in [2.45, 2.75) is 39.2 Å². The molecular formula is C19H20N4O3S2. The quantitative estimate of drug-likeness (QED) is 0.640. The van der Waals surface area contributed by atoms with Gasteiger partial charge in [0.25, 0.3) is 0 Å². The van der Waals surface area contributed by atoms with Crippen LogP contribution in [0.3, 0.4) is 0 Å². The van der Waals surface area contributed by atoms with Crippen LogP contribution >= 0.6 is 22.7 Å². The van der Waals surface area contributed by atoms with Crippen LogP contribution in [0.5, 0.6) is 0 Å². The van der Waals surface area contributed by atoms with Crippen LogP contribution < -0.4 is 5.32 Å². The number of fused-ring (bicyclic) bond motifs is 1. The molecule has 9 heteroatoms. The second-order valence-corrected chi connectivity index (χ2v) is 8.68. The summed E-state index contributed by atoms with van der Waals surface area (Å²) in [5.74, 6) is -0.590. The SMILES string of the molecule is CC(=O)Nc1sc2c(c1C(=O)OCc1csc(-c3cnn(C)c3)n1)CCCC2. The van der Waals surface area contributed by atoms with Crippen molar-refractivity contribution < 1.29 is 14.3 Å². The van der Waals surface area contributed by atoms with E-state index in [0.29, 0.717) is 16.3 Å². The van der Waals surface area contributed by atoms with Gasteiger partial charge in [0.2, 0.25) is 5.91 Å². The lowest BCUT2D eigenvalue weighted by Gasteiger charge is -2.12. The molecule has 1 amide bonds. The lowest BCUT2D eigenvalue weighted by atomic mass is 9.95. The molecule has 0 unspecified atom stereocenters. The van der Waals surface area contributed by atoms with Gasteiger partial charge in [0, 0.05) is 36.0 Å². The average molecular weight is 417 g/mol. The molecule has 28 heavy (non-hydrogen) atoms. The molecule has 0 aromatic carbocycles. The fraction of sp³-hybridized carbons (Fsp3) is 0.368. The maximum absolute atomic E-state index is 12.8. The van der Waals surface area contributed by atoms with Crippen LogP contribution in [0.2, 0.25) is 0 Å². The number of amides is 1. The van der Waals surface area contributed by atoms with Crippen LogP contribution in [-0.4, -0.2) is 26.6 Å². The second-order valence-electron chi connectivity index (χ2n) is 6.72. The third kappa shape index (κ3) is 3.85. The van der Waals surface area contributed by atoms with Crippen LogP contribution in [0.25, 0.3) is 10.6 Å². The minimum absolute atomic E-state index is 0.0970. The zero-order valence-electron chi connectivity index (χ0n) is 15.7. The van der Waals surface area contributed by atoms with Crippen molar-refractivity contribution in [3.05, 3.63) is 39.5 Å². The van der Waals surface area contributed by atoms with Gasteiger partial charge in [-0.3, -0.25) is 9.48 Å². The number of carbonyl (C=O) groups is 2. The van der Waals surface area contributed by atoms with E-state index in [1.807, 2.05) is 18.6 Å². The van der Waals surface area contributed by atoms with Crippen molar-refractivity contribution in [3.8, 4) is 10.6 Å². The molecule has 0 radical (unpaired) electrons. The van der Waals surface area contributed by atoms with E-state index in [2.05, 4.69) is 15.4 Å². The van der Waals surface area contributed by atoms with E-state index in [-0.39, 0.29) is 12.5 Å². The Hall–Kier alpha value is -2.52. The Balaban J connectivity index is 1.50. The standard InChI is InChI=1S/C19H20N4O3S2/c1-11(24)21-18-16(14-5-3-4-6-15(14)28-18)19(25)26-9-13-10-27-17(22-13)12-7-20-23(2)8-12/h7-8,10H,3-6,9H2,1-2H3,(H,21,24). The van der Waals surface area contributed by atoms with E-state index in [1.165, 1.54) is 34.5 Å². The van der Waals surface area contributed by atoms with Gasteiger partial charge < -0.3 is 10.1 Å². The minimum atomic E-state index is -0.404. The number of anilines is 1.